The van der Waals surface area contributed by atoms with Gasteiger partial charge in [-0.15, -0.1) is 12.4 Å². The molecule has 1 aromatic rings. The van der Waals surface area contributed by atoms with E-state index in [1.165, 1.54) is 12.1 Å². The molecule has 1 heterocycles. The zero-order valence-electron chi connectivity index (χ0n) is 11.3. The van der Waals surface area contributed by atoms with Crippen LogP contribution in [0.15, 0.2) is 18.2 Å². The van der Waals surface area contributed by atoms with E-state index >= 15 is 0 Å². The summed E-state index contributed by atoms with van der Waals surface area (Å²) in [4.78, 5) is 11.9. The molecule has 112 valence electrons. The summed E-state index contributed by atoms with van der Waals surface area (Å²) in [6.45, 7) is 3.29. The third-order valence-electron chi connectivity index (χ3n) is 3.38. The maximum atomic E-state index is 13.8. The van der Waals surface area contributed by atoms with E-state index in [4.69, 9.17) is 0 Å². The molecule has 20 heavy (non-hydrogen) atoms. The van der Waals surface area contributed by atoms with Crippen LogP contribution in [0.4, 0.5) is 8.78 Å². The number of hydrogen-bond acceptors (Lipinski definition) is 2. The molecule has 0 aliphatic carbocycles. The molecule has 1 saturated heterocycles. The first-order valence-corrected chi connectivity index (χ1v) is 6.58. The summed E-state index contributed by atoms with van der Waals surface area (Å²) in [7, 11) is 0. The Morgan fingerprint density at radius 2 is 2.15 bits per heavy atom. The van der Waals surface area contributed by atoms with Gasteiger partial charge in [-0.1, -0.05) is 19.4 Å². The van der Waals surface area contributed by atoms with Crippen molar-refractivity contribution in [1.82, 2.24) is 10.6 Å². The molecule has 3 nitrogen and oxygen atoms in total. The summed E-state index contributed by atoms with van der Waals surface area (Å²) in [5.74, 6) is -1.32. The number of benzene rings is 1. The van der Waals surface area contributed by atoms with Crippen molar-refractivity contribution < 1.29 is 13.6 Å². The summed E-state index contributed by atoms with van der Waals surface area (Å²) >= 11 is 0. The molecule has 1 aliphatic rings. The molecule has 1 atom stereocenters. The molecule has 2 rings (SSSR count). The van der Waals surface area contributed by atoms with Crippen LogP contribution in [0.3, 0.4) is 0 Å². The van der Waals surface area contributed by atoms with E-state index in [2.05, 4.69) is 10.6 Å². The van der Waals surface area contributed by atoms with Crippen molar-refractivity contribution >= 4 is 18.3 Å². The molecular weight excluding hydrogens is 286 g/mol. The van der Waals surface area contributed by atoms with Gasteiger partial charge in [0.15, 0.2) is 0 Å². The third kappa shape index (κ3) is 3.90. The molecule has 6 heteroatoms. The van der Waals surface area contributed by atoms with Crippen molar-refractivity contribution in [3.63, 3.8) is 0 Å². The Bertz CT molecular complexity index is 466. The van der Waals surface area contributed by atoms with Gasteiger partial charge in [-0.2, -0.15) is 0 Å². The zero-order valence-corrected chi connectivity index (χ0v) is 12.1. The fourth-order valence-electron chi connectivity index (χ4n) is 2.14. The van der Waals surface area contributed by atoms with Crippen molar-refractivity contribution in [3.05, 3.63) is 35.4 Å². The summed E-state index contributed by atoms with van der Waals surface area (Å²) in [5, 5.41) is 5.88. The molecule has 1 fully saturated rings. The van der Waals surface area contributed by atoms with Gasteiger partial charge in [-0.05, 0) is 12.5 Å². The van der Waals surface area contributed by atoms with Crippen molar-refractivity contribution in [2.45, 2.75) is 25.8 Å². The Balaban J connectivity index is 0.00000200. The van der Waals surface area contributed by atoms with Crippen molar-refractivity contribution in [2.75, 3.05) is 13.1 Å². The molecule has 1 amide bonds. The summed E-state index contributed by atoms with van der Waals surface area (Å²) < 4.78 is 26.7. The van der Waals surface area contributed by atoms with E-state index in [9.17, 15) is 13.6 Å². The van der Waals surface area contributed by atoms with Crippen LogP contribution in [-0.2, 0) is 4.79 Å². The average molecular weight is 305 g/mol. The Morgan fingerprint density at radius 1 is 1.45 bits per heavy atom. The Morgan fingerprint density at radius 3 is 2.65 bits per heavy atom. The van der Waals surface area contributed by atoms with Crippen LogP contribution in [0.25, 0.3) is 0 Å². The van der Waals surface area contributed by atoms with Crippen molar-refractivity contribution in [3.8, 4) is 0 Å². The highest BCUT2D eigenvalue weighted by Crippen LogP contribution is 2.23. The third-order valence-corrected chi connectivity index (χ3v) is 3.38. The molecule has 0 spiro atoms. The van der Waals surface area contributed by atoms with Crippen molar-refractivity contribution in [2.24, 2.45) is 5.92 Å². The predicted molar refractivity (Wildman–Crippen MR) is 75.8 cm³/mol. The number of amides is 1. The van der Waals surface area contributed by atoms with Crippen LogP contribution in [-0.4, -0.2) is 19.0 Å². The molecule has 1 unspecified atom stereocenters. The normalized spacial score (nSPS) is 15.9. The molecule has 1 aliphatic heterocycles. The van der Waals surface area contributed by atoms with Gasteiger partial charge in [0.2, 0.25) is 5.91 Å². The number of rotatable bonds is 5. The van der Waals surface area contributed by atoms with E-state index in [1.807, 2.05) is 6.92 Å². The second-order valence-corrected chi connectivity index (χ2v) is 4.87. The second kappa shape index (κ2) is 7.55. The first kappa shape index (κ1) is 16.9. The maximum Gasteiger partial charge on any atom is 0.226 e. The van der Waals surface area contributed by atoms with Gasteiger partial charge in [0.25, 0.3) is 0 Å². The van der Waals surface area contributed by atoms with Gasteiger partial charge in [-0.3, -0.25) is 4.79 Å². The van der Waals surface area contributed by atoms with Gasteiger partial charge in [0, 0.05) is 24.7 Å². The average Bonchev–Trinajstić information content (AvgIpc) is 2.26. The summed E-state index contributed by atoms with van der Waals surface area (Å²) in [5.41, 5.74) is 0.351. The van der Waals surface area contributed by atoms with Gasteiger partial charge < -0.3 is 10.6 Å². The molecule has 1 aromatic carbocycles. The Labute approximate surface area is 123 Å². The lowest BCUT2D eigenvalue weighted by Crippen LogP contribution is -2.51. The number of nitrogens with one attached hydrogen (secondary N) is 2. The molecule has 0 aromatic heterocycles. The topological polar surface area (TPSA) is 41.1 Å². The fourth-order valence-corrected chi connectivity index (χ4v) is 2.14. The van der Waals surface area contributed by atoms with E-state index in [1.54, 1.807) is 0 Å². The second-order valence-electron chi connectivity index (χ2n) is 4.87. The highest BCUT2D eigenvalue weighted by atomic mass is 35.5. The highest BCUT2D eigenvalue weighted by molar-refractivity contribution is 5.85. The minimum Gasteiger partial charge on any atom is -0.349 e. The monoisotopic (exact) mass is 304 g/mol. The lowest BCUT2D eigenvalue weighted by Gasteiger charge is -2.28. The van der Waals surface area contributed by atoms with Gasteiger partial charge in [0.05, 0.1) is 12.0 Å². The fraction of sp³-hybridized carbons (Fsp3) is 0.500. The SMILES string of the molecule is CCCC(NC(=O)C1CNC1)c1ccc(F)cc1F.Cl. The Kier molecular flexibility index (Phi) is 6.36. The van der Waals surface area contributed by atoms with Crippen LogP contribution in [0.2, 0.25) is 0 Å². The lowest BCUT2D eigenvalue weighted by atomic mass is 9.98. The van der Waals surface area contributed by atoms with E-state index in [0.29, 0.717) is 25.1 Å². The number of carbonyl (C=O) groups is 1. The zero-order chi connectivity index (χ0) is 13.8. The molecular formula is C14H19ClF2N2O. The first-order chi connectivity index (χ1) is 9.11. The predicted octanol–water partition coefficient (Wildman–Crippen LogP) is 2.56. The smallest absolute Gasteiger partial charge is 0.226 e. The number of carbonyl (C=O) groups excluding carboxylic acids is 1. The standard InChI is InChI=1S/C14H18F2N2O.ClH/c1-2-3-13(18-14(19)9-7-17-8-9)11-5-4-10(15)6-12(11)16;/h4-6,9,13,17H,2-3,7-8H2,1H3,(H,18,19);1H. The summed E-state index contributed by atoms with van der Waals surface area (Å²) in [6.07, 6.45) is 1.44. The van der Waals surface area contributed by atoms with E-state index < -0.39 is 17.7 Å². The number of hydrogen-bond donors (Lipinski definition) is 2. The first-order valence-electron chi connectivity index (χ1n) is 6.58. The minimum absolute atomic E-state index is 0. The summed E-state index contributed by atoms with van der Waals surface area (Å²) in [6, 6.07) is 3.09. The number of halogens is 3. The van der Waals surface area contributed by atoms with Gasteiger partial charge >= 0.3 is 0 Å². The van der Waals surface area contributed by atoms with Crippen LogP contribution in [0.1, 0.15) is 31.4 Å². The maximum absolute atomic E-state index is 13.8. The Hall–Kier alpha value is -1.20. The molecule has 0 radical (unpaired) electrons. The van der Waals surface area contributed by atoms with Crippen LogP contribution in [0.5, 0.6) is 0 Å². The van der Waals surface area contributed by atoms with Gasteiger partial charge in [0.1, 0.15) is 11.6 Å². The quantitative estimate of drug-likeness (QED) is 0.878. The lowest BCUT2D eigenvalue weighted by molar-refractivity contribution is -0.127. The van der Waals surface area contributed by atoms with Crippen molar-refractivity contribution in [1.29, 1.82) is 0 Å². The molecule has 0 saturated carbocycles. The molecule has 0 bridgehead atoms. The van der Waals surface area contributed by atoms with Gasteiger partial charge in [-0.25, -0.2) is 8.78 Å². The van der Waals surface area contributed by atoms with E-state index in [-0.39, 0.29) is 24.2 Å². The molecule has 2 N–H and O–H groups in total. The van der Waals surface area contributed by atoms with Crippen LogP contribution >= 0.6 is 12.4 Å². The minimum atomic E-state index is -0.606. The van der Waals surface area contributed by atoms with Crippen LogP contribution < -0.4 is 10.6 Å². The van der Waals surface area contributed by atoms with Crippen LogP contribution in [0, 0.1) is 17.6 Å². The largest absolute Gasteiger partial charge is 0.349 e. The van der Waals surface area contributed by atoms with E-state index in [0.717, 1.165) is 12.5 Å². The highest BCUT2D eigenvalue weighted by Gasteiger charge is 2.27.